The van der Waals surface area contributed by atoms with Crippen LogP contribution in [0.1, 0.15) is 37.0 Å². The first kappa shape index (κ1) is 14.3. The third kappa shape index (κ3) is 4.21. The second-order valence-electron chi connectivity index (χ2n) is 5.27. The van der Waals surface area contributed by atoms with Gasteiger partial charge in [0, 0.05) is 29.8 Å². The molecule has 4 nitrogen and oxygen atoms in total. The number of hydrogen-bond donors (Lipinski definition) is 3. The summed E-state index contributed by atoms with van der Waals surface area (Å²) < 4.78 is 0. The van der Waals surface area contributed by atoms with Crippen molar-refractivity contribution in [2.45, 2.75) is 38.2 Å². The molecule has 3 N–H and O–H groups in total. The summed E-state index contributed by atoms with van der Waals surface area (Å²) in [5, 5.41) is 17.5. The molecule has 106 valence electrons. The SMILES string of the molecule is CC(CNC(=O)NCC1CCCC1O)c1cccs1. The fourth-order valence-electron chi connectivity index (χ4n) is 2.46. The Labute approximate surface area is 118 Å². The molecule has 19 heavy (non-hydrogen) atoms. The van der Waals surface area contributed by atoms with Gasteiger partial charge in [-0.3, -0.25) is 0 Å². The lowest BCUT2D eigenvalue weighted by Crippen LogP contribution is -2.40. The highest BCUT2D eigenvalue weighted by Gasteiger charge is 2.25. The summed E-state index contributed by atoms with van der Waals surface area (Å²) in [6.07, 6.45) is 2.69. The van der Waals surface area contributed by atoms with Gasteiger partial charge in [-0.15, -0.1) is 11.3 Å². The normalized spacial score (nSPS) is 24.1. The number of carbonyl (C=O) groups excluding carboxylic acids is 1. The van der Waals surface area contributed by atoms with Gasteiger partial charge in [0.05, 0.1) is 6.10 Å². The number of aliphatic hydroxyl groups is 1. The number of rotatable bonds is 5. The van der Waals surface area contributed by atoms with E-state index in [0.717, 1.165) is 19.3 Å². The molecule has 0 bridgehead atoms. The zero-order valence-corrected chi connectivity index (χ0v) is 12.1. The molecule has 2 rings (SSSR count). The largest absolute Gasteiger partial charge is 0.393 e. The van der Waals surface area contributed by atoms with E-state index >= 15 is 0 Å². The second kappa shape index (κ2) is 6.91. The number of thiophene rings is 1. The minimum Gasteiger partial charge on any atom is -0.393 e. The van der Waals surface area contributed by atoms with Crippen LogP contribution in [0.4, 0.5) is 4.79 Å². The summed E-state index contributed by atoms with van der Waals surface area (Å²) in [7, 11) is 0. The van der Waals surface area contributed by atoms with E-state index in [1.807, 2.05) is 11.4 Å². The van der Waals surface area contributed by atoms with Crippen molar-refractivity contribution in [1.29, 1.82) is 0 Å². The lowest BCUT2D eigenvalue weighted by atomic mass is 10.1. The molecule has 1 aliphatic rings. The smallest absolute Gasteiger partial charge is 0.314 e. The number of carbonyl (C=O) groups is 1. The summed E-state index contributed by atoms with van der Waals surface area (Å²) in [5.74, 6) is 0.559. The van der Waals surface area contributed by atoms with E-state index in [2.05, 4.69) is 23.6 Å². The quantitative estimate of drug-likeness (QED) is 0.776. The first-order valence-corrected chi connectivity index (χ1v) is 7.78. The van der Waals surface area contributed by atoms with Crippen molar-refractivity contribution in [3.63, 3.8) is 0 Å². The number of hydrogen-bond acceptors (Lipinski definition) is 3. The summed E-state index contributed by atoms with van der Waals surface area (Å²) in [6.45, 7) is 3.31. The molecular weight excluding hydrogens is 260 g/mol. The van der Waals surface area contributed by atoms with Gasteiger partial charge in [-0.2, -0.15) is 0 Å². The van der Waals surface area contributed by atoms with Crippen LogP contribution in [0.25, 0.3) is 0 Å². The Morgan fingerprint density at radius 1 is 1.53 bits per heavy atom. The molecule has 2 amide bonds. The van der Waals surface area contributed by atoms with Crippen LogP contribution in [0.2, 0.25) is 0 Å². The minimum absolute atomic E-state index is 0.137. The molecule has 0 aromatic carbocycles. The van der Waals surface area contributed by atoms with Crippen molar-refractivity contribution < 1.29 is 9.90 Å². The van der Waals surface area contributed by atoms with Crippen LogP contribution in [0, 0.1) is 5.92 Å². The van der Waals surface area contributed by atoms with Crippen molar-refractivity contribution in [3.8, 4) is 0 Å². The third-order valence-corrected chi connectivity index (χ3v) is 4.85. The summed E-state index contributed by atoms with van der Waals surface area (Å²) in [4.78, 5) is 13.0. The highest BCUT2D eigenvalue weighted by atomic mass is 32.1. The lowest BCUT2D eigenvalue weighted by Gasteiger charge is -2.16. The molecule has 1 saturated carbocycles. The van der Waals surface area contributed by atoms with E-state index in [9.17, 15) is 9.90 Å². The molecule has 1 fully saturated rings. The van der Waals surface area contributed by atoms with Crippen molar-refractivity contribution in [2.24, 2.45) is 5.92 Å². The molecule has 3 unspecified atom stereocenters. The Balaban J connectivity index is 1.64. The van der Waals surface area contributed by atoms with Crippen LogP contribution >= 0.6 is 11.3 Å². The van der Waals surface area contributed by atoms with Gasteiger partial charge in [-0.25, -0.2) is 4.79 Å². The Hall–Kier alpha value is -1.07. The predicted molar refractivity (Wildman–Crippen MR) is 77.5 cm³/mol. The van der Waals surface area contributed by atoms with Crippen LogP contribution in [-0.4, -0.2) is 30.3 Å². The topological polar surface area (TPSA) is 61.4 Å². The molecule has 5 heteroatoms. The first-order valence-electron chi connectivity index (χ1n) is 6.90. The van der Waals surface area contributed by atoms with E-state index in [1.54, 1.807) is 11.3 Å². The Kier molecular flexibility index (Phi) is 5.22. The van der Waals surface area contributed by atoms with E-state index in [-0.39, 0.29) is 18.1 Å². The van der Waals surface area contributed by atoms with Crippen molar-refractivity contribution >= 4 is 17.4 Å². The number of amides is 2. The van der Waals surface area contributed by atoms with E-state index in [1.165, 1.54) is 4.88 Å². The van der Waals surface area contributed by atoms with Crippen molar-refractivity contribution in [2.75, 3.05) is 13.1 Å². The molecule has 0 spiro atoms. The fourth-order valence-corrected chi connectivity index (χ4v) is 3.25. The monoisotopic (exact) mass is 282 g/mol. The highest BCUT2D eigenvalue weighted by molar-refractivity contribution is 7.10. The molecule has 3 atom stereocenters. The number of urea groups is 1. The summed E-state index contributed by atoms with van der Waals surface area (Å²) >= 11 is 1.71. The molecule has 1 heterocycles. The minimum atomic E-state index is -0.245. The number of aliphatic hydroxyl groups excluding tert-OH is 1. The van der Waals surface area contributed by atoms with Gasteiger partial charge in [-0.05, 0) is 24.3 Å². The number of nitrogens with one attached hydrogen (secondary N) is 2. The average molecular weight is 282 g/mol. The molecular formula is C14H22N2O2S. The summed E-state index contributed by atoms with van der Waals surface area (Å²) in [5.41, 5.74) is 0. The molecule has 0 aliphatic heterocycles. The maximum Gasteiger partial charge on any atom is 0.314 e. The standard InChI is InChI=1S/C14H22N2O2S/c1-10(13-6-3-7-19-13)8-15-14(18)16-9-11-4-2-5-12(11)17/h3,6-7,10-12,17H,2,4-5,8-9H2,1H3,(H2,15,16,18). The molecule has 0 saturated heterocycles. The van der Waals surface area contributed by atoms with Crippen LogP contribution in [0.3, 0.4) is 0 Å². The average Bonchev–Trinajstić information content (AvgIpc) is 3.05. The zero-order chi connectivity index (χ0) is 13.7. The zero-order valence-electron chi connectivity index (χ0n) is 11.3. The van der Waals surface area contributed by atoms with E-state index in [0.29, 0.717) is 19.0 Å². The Bertz CT molecular complexity index is 394. The van der Waals surface area contributed by atoms with Crippen molar-refractivity contribution in [3.05, 3.63) is 22.4 Å². The molecule has 0 radical (unpaired) electrons. The van der Waals surface area contributed by atoms with Crippen molar-refractivity contribution in [1.82, 2.24) is 10.6 Å². The van der Waals surface area contributed by atoms with Gasteiger partial charge in [0.25, 0.3) is 0 Å². The predicted octanol–water partition coefficient (Wildman–Crippen LogP) is 2.31. The van der Waals surface area contributed by atoms with Gasteiger partial charge in [0.2, 0.25) is 0 Å². The Morgan fingerprint density at radius 3 is 3.00 bits per heavy atom. The van der Waals surface area contributed by atoms with Gasteiger partial charge >= 0.3 is 6.03 Å². The highest BCUT2D eigenvalue weighted by Crippen LogP contribution is 2.24. The van der Waals surface area contributed by atoms with E-state index < -0.39 is 0 Å². The first-order chi connectivity index (χ1) is 9.16. The fraction of sp³-hybridized carbons (Fsp3) is 0.643. The molecule has 1 aliphatic carbocycles. The maximum atomic E-state index is 11.7. The van der Waals surface area contributed by atoms with Crippen LogP contribution < -0.4 is 10.6 Å². The van der Waals surface area contributed by atoms with Crippen LogP contribution in [0.15, 0.2) is 17.5 Å². The van der Waals surface area contributed by atoms with Gasteiger partial charge < -0.3 is 15.7 Å². The van der Waals surface area contributed by atoms with Gasteiger partial charge in [0.15, 0.2) is 0 Å². The van der Waals surface area contributed by atoms with Crippen LogP contribution in [0.5, 0.6) is 0 Å². The van der Waals surface area contributed by atoms with Gasteiger partial charge in [0.1, 0.15) is 0 Å². The lowest BCUT2D eigenvalue weighted by molar-refractivity contribution is 0.132. The molecule has 1 aromatic heterocycles. The Morgan fingerprint density at radius 2 is 2.37 bits per heavy atom. The maximum absolute atomic E-state index is 11.7. The second-order valence-corrected chi connectivity index (χ2v) is 6.24. The molecule has 1 aromatic rings. The summed E-state index contributed by atoms with van der Waals surface area (Å²) in [6, 6.07) is 3.98. The van der Waals surface area contributed by atoms with Gasteiger partial charge in [-0.1, -0.05) is 19.4 Å². The third-order valence-electron chi connectivity index (χ3n) is 3.74. The van der Waals surface area contributed by atoms with E-state index in [4.69, 9.17) is 0 Å². The van der Waals surface area contributed by atoms with Crippen LogP contribution in [-0.2, 0) is 0 Å².